The molecule has 17 heavy (non-hydrogen) atoms. The van der Waals surface area contributed by atoms with Crippen molar-refractivity contribution in [2.24, 2.45) is 0 Å². The van der Waals surface area contributed by atoms with Gasteiger partial charge < -0.3 is 13.3 Å². The molecule has 0 aliphatic carbocycles. The van der Waals surface area contributed by atoms with Crippen LogP contribution in [0.5, 0.6) is 0 Å². The summed E-state index contributed by atoms with van der Waals surface area (Å²) in [6.07, 6.45) is -12.1. The fraction of sp³-hybridized carbons (Fsp3) is 1.00. The highest BCUT2D eigenvalue weighted by molar-refractivity contribution is 8.10. The molecule has 0 aromatic heterocycles. The molecule has 106 valence electrons. The second-order valence-corrected chi connectivity index (χ2v) is 6.03. The van der Waals surface area contributed by atoms with E-state index in [0.29, 0.717) is 0 Å². The summed E-state index contributed by atoms with van der Waals surface area (Å²) in [5.74, 6) is -12.8. The molecular formula is C5H4F8O3S-2. The SMILES string of the molecule is O=S([O-])([O-])(CC(F)(F)F)CC(F)(F)C(F)(F)F. The first kappa shape index (κ1) is 16.5. The molecule has 0 heterocycles. The predicted molar refractivity (Wildman–Crippen MR) is 36.5 cm³/mol. The molecule has 0 amide bonds. The Morgan fingerprint density at radius 3 is 1.41 bits per heavy atom. The van der Waals surface area contributed by atoms with Gasteiger partial charge in [0.25, 0.3) is 0 Å². The number of hydrogen-bond acceptors (Lipinski definition) is 3. The molecule has 12 heteroatoms. The molecule has 0 saturated carbocycles. The van der Waals surface area contributed by atoms with Gasteiger partial charge in [0.1, 0.15) is 0 Å². The van der Waals surface area contributed by atoms with E-state index in [1.807, 2.05) is 0 Å². The lowest BCUT2D eigenvalue weighted by molar-refractivity contribution is -0.272. The highest BCUT2D eigenvalue weighted by atomic mass is 32.3. The number of sulfone groups is 3. The average molecular weight is 296 g/mol. The highest BCUT2D eigenvalue weighted by Crippen LogP contribution is 2.41. The van der Waals surface area contributed by atoms with E-state index in [1.165, 1.54) is 0 Å². The highest BCUT2D eigenvalue weighted by Gasteiger charge is 2.59. The summed E-state index contributed by atoms with van der Waals surface area (Å²) in [4.78, 5) is 0. The molecule has 0 aliphatic rings. The van der Waals surface area contributed by atoms with Crippen molar-refractivity contribution in [2.45, 2.75) is 18.3 Å². The fourth-order valence-electron chi connectivity index (χ4n) is 0.799. The molecule has 3 nitrogen and oxygen atoms in total. The van der Waals surface area contributed by atoms with E-state index < -0.39 is 39.4 Å². The van der Waals surface area contributed by atoms with Crippen LogP contribution in [0.15, 0.2) is 0 Å². The largest absolute Gasteiger partial charge is 0.798 e. The zero-order valence-electron chi connectivity index (χ0n) is 7.57. The Morgan fingerprint density at radius 2 is 1.18 bits per heavy atom. The van der Waals surface area contributed by atoms with Crippen LogP contribution in [0.2, 0.25) is 0 Å². The second kappa shape index (κ2) is 3.75. The summed E-state index contributed by atoms with van der Waals surface area (Å²) >= 11 is 0. The van der Waals surface area contributed by atoms with Crippen LogP contribution in [0.1, 0.15) is 0 Å². The molecule has 0 N–H and O–H groups in total. The fourth-order valence-corrected chi connectivity index (χ4v) is 2.40. The molecule has 0 fully saturated rings. The lowest BCUT2D eigenvalue weighted by atomic mass is 10.4. The quantitative estimate of drug-likeness (QED) is 0.746. The van der Waals surface area contributed by atoms with E-state index in [0.717, 1.165) is 0 Å². The zero-order valence-corrected chi connectivity index (χ0v) is 8.39. The maximum Gasteiger partial charge on any atom is 0.454 e. The van der Waals surface area contributed by atoms with Gasteiger partial charge in [0.05, 0.1) is 11.5 Å². The van der Waals surface area contributed by atoms with Crippen LogP contribution in [0.4, 0.5) is 35.1 Å². The van der Waals surface area contributed by atoms with Gasteiger partial charge in [-0.25, -0.2) is 9.63 Å². The van der Waals surface area contributed by atoms with Gasteiger partial charge in [-0.05, 0) is 0 Å². The number of halogens is 8. The third kappa shape index (κ3) is 5.59. The Balaban J connectivity index is 5.18. The van der Waals surface area contributed by atoms with Gasteiger partial charge >= 0.3 is 18.3 Å². The summed E-state index contributed by atoms with van der Waals surface area (Å²) in [5.41, 5.74) is 0. The third-order valence-electron chi connectivity index (χ3n) is 1.32. The molecule has 0 aromatic rings. The lowest BCUT2D eigenvalue weighted by Gasteiger charge is -2.56. The first-order valence-electron chi connectivity index (χ1n) is 3.55. The van der Waals surface area contributed by atoms with E-state index >= 15 is 0 Å². The lowest BCUT2D eigenvalue weighted by Crippen LogP contribution is -2.55. The molecule has 0 aromatic carbocycles. The molecule has 0 radical (unpaired) electrons. The van der Waals surface area contributed by atoms with Crippen LogP contribution in [-0.2, 0) is 9.63 Å². The predicted octanol–water partition coefficient (Wildman–Crippen LogP) is 1.83. The molecule has 0 saturated heterocycles. The molecule has 0 bridgehead atoms. The number of hydrogen-bond donors (Lipinski definition) is 0. The van der Waals surface area contributed by atoms with Crippen molar-refractivity contribution in [1.29, 1.82) is 0 Å². The third-order valence-corrected chi connectivity index (χ3v) is 3.12. The molecule has 0 spiro atoms. The topological polar surface area (TPSA) is 63.2 Å². The summed E-state index contributed by atoms with van der Waals surface area (Å²) in [6, 6.07) is 0. The molecular weight excluding hydrogens is 292 g/mol. The van der Waals surface area contributed by atoms with Crippen LogP contribution >= 0.6 is 0 Å². The van der Waals surface area contributed by atoms with Crippen LogP contribution in [0.3, 0.4) is 0 Å². The standard InChI is InChI=1S/C5H6F8O3S/c6-3(7,5(11,12)13)1-17(14,15,16)2-4(8,9)10/h1-2H2,(H2,14,15,16)/p-2. The van der Waals surface area contributed by atoms with Crippen molar-refractivity contribution in [2.75, 3.05) is 11.5 Å². The van der Waals surface area contributed by atoms with Crippen molar-refractivity contribution in [3.8, 4) is 0 Å². The van der Waals surface area contributed by atoms with Gasteiger partial charge in [-0.2, -0.15) is 35.1 Å². The maximum atomic E-state index is 12.2. The van der Waals surface area contributed by atoms with Gasteiger partial charge in [0.2, 0.25) is 0 Å². The zero-order chi connectivity index (χ0) is 14.4. The minimum atomic E-state index is -7.64. The van der Waals surface area contributed by atoms with Crippen molar-refractivity contribution in [1.82, 2.24) is 0 Å². The van der Waals surface area contributed by atoms with E-state index in [9.17, 15) is 48.4 Å². The minimum Gasteiger partial charge on any atom is -0.798 e. The number of alkyl halides is 8. The van der Waals surface area contributed by atoms with Crippen LogP contribution in [0.25, 0.3) is 0 Å². The molecule has 0 aliphatic heterocycles. The first-order valence-corrected chi connectivity index (χ1v) is 5.70. The Bertz CT molecular complexity index is 349. The van der Waals surface area contributed by atoms with Crippen LogP contribution in [0, 0.1) is 0 Å². The van der Waals surface area contributed by atoms with E-state index in [1.54, 1.807) is 0 Å². The summed E-state index contributed by atoms with van der Waals surface area (Å²) in [7, 11) is -7.64. The number of rotatable bonds is 3. The van der Waals surface area contributed by atoms with Gasteiger partial charge in [-0.1, -0.05) is 0 Å². The summed E-state index contributed by atoms with van der Waals surface area (Å²) in [6.45, 7) is 0. The molecule has 0 unspecified atom stereocenters. The van der Waals surface area contributed by atoms with Gasteiger partial charge in [-0.15, -0.1) is 0 Å². The normalized spacial score (nSPS) is 17.6. The summed E-state index contributed by atoms with van der Waals surface area (Å²) < 4.78 is 125. The minimum absolute atomic E-state index is 3.28. The van der Waals surface area contributed by atoms with Gasteiger partial charge in [0.15, 0.2) is 0 Å². The Kier molecular flexibility index (Phi) is 3.64. The van der Waals surface area contributed by atoms with E-state index in [2.05, 4.69) is 0 Å². The van der Waals surface area contributed by atoms with E-state index in [-0.39, 0.29) is 0 Å². The van der Waals surface area contributed by atoms with Crippen molar-refractivity contribution < 1.29 is 48.4 Å². The van der Waals surface area contributed by atoms with Gasteiger partial charge in [0, 0.05) is 0 Å². The summed E-state index contributed by atoms with van der Waals surface area (Å²) in [5, 5.41) is 0. The van der Waals surface area contributed by atoms with Crippen molar-refractivity contribution in [3.63, 3.8) is 0 Å². The Labute approximate surface area is 88.8 Å². The van der Waals surface area contributed by atoms with Crippen LogP contribution in [-0.4, -0.2) is 43.1 Å². The smallest absolute Gasteiger partial charge is 0.454 e. The monoisotopic (exact) mass is 296 g/mol. The van der Waals surface area contributed by atoms with Gasteiger partial charge in [-0.3, -0.25) is 0 Å². The molecule has 0 rings (SSSR count). The Hall–Kier alpha value is -0.490. The maximum absolute atomic E-state index is 12.2. The van der Waals surface area contributed by atoms with Crippen LogP contribution < -0.4 is 0 Å². The van der Waals surface area contributed by atoms with Crippen molar-refractivity contribution in [3.05, 3.63) is 0 Å². The first-order chi connectivity index (χ1) is 6.93. The van der Waals surface area contributed by atoms with E-state index in [4.69, 9.17) is 0 Å². The Morgan fingerprint density at radius 1 is 0.824 bits per heavy atom. The second-order valence-electron chi connectivity index (χ2n) is 3.22. The van der Waals surface area contributed by atoms with Crippen molar-refractivity contribution >= 4 is 9.63 Å². The average Bonchev–Trinajstić information content (AvgIpc) is 1.69. The molecule has 0 atom stereocenters.